The number of rotatable bonds is 6. The molecule has 7 heteroatoms. The van der Waals surface area contributed by atoms with E-state index in [0.717, 1.165) is 38.0 Å². The van der Waals surface area contributed by atoms with Gasteiger partial charge >= 0.3 is 11.8 Å². The highest BCUT2D eigenvalue weighted by Crippen LogP contribution is 2.25. The molecule has 1 aliphatic heterocycles. The van der Waals surface area contributed by atoms with Crippen molar-refractivity contribution in [2.75, 3.05) is 32.1 Å². The number of carbonyl (C=O) groups is 2. The fourth-order valence-electron chi connectivity index (χ4n) is 3.39. The van der Waals surface area contributed by atoms with Crippen LogP contribution in [0.15, 0.2) is 35.7 Å². The van der Waals surface area contributed by atoms with Crippen molar-refractivity contribution >= 4 is 28.8 Å². The van der Waals surface area contributed by atoms with Gasteiger partial charge in [-0.25, -0.2) is 0 Å². The number of amides is 2. The van der Waals surface area contributed by atoms with Gasteiger partial charge in [0.05, 0.1) is 12.8 Å². The summed E-state index contributed by atoms with van der Waals surface area (Å²) in [5.41, 5.74) is 1.48. The number of piperidine rings is 1. The second-order valence-electron chi connectivity index (χ2n) is 7.17. The number of ether oxygens (including phenoxy) is 1. The molecule has 150 valence electrons. The third kappa shape index (κ3) is 5.56. The highest BCUT2D eigenvalue weighted by molar-refractivity contribution is 7.09. The highest BCUT2D eigenvalue weighted by Gasteiger charge is 2.22. The summed E-state index contributed by atoms with van der Waals surface area (Å²) in [6, 6.07) is 9.69. The number of methoxy groups -OCH3 is 1. The van der Waals surface area contributed by atoms with Crippen molar-refractivity contribution in [3.05, 3.63) is 46.2 Å². The van der Waals surface area contributed by atoms with Crippen LogP contribution in [0.3, 0.4) is 0 Å². The van der Waals surface area contributed by atoms with Crippen LogP contribution in [-0.4, -0.2) is 43.5 Å². The van der Waals surface area contributed by atoms with E-state index in [-0.39, 0.29) is 0 Å². The largest absolute Gasteiger partial charge is 0.495 e. The lowest BCUT2D eigenvalue weighted by Gasteiger charge is -2.31. The molecule has 2 amide bonds. The van der Waals surface area contributed by atoms with Crippen LogP contribution in [0.4, 0.5) is 5.69 Å². The molecular formula is C21H27N3O3S. The minimum atomic E-state index is -0.668. The van der Waals surface area contributed by atoms with Crippen molar-refractivity contribution in [2.45, 2.75) is 26.3 Å². The molecule has 1 aromatic heterocycles. The molecule has 0 spiro atoms. The first-order valence-electron chi connectivity index (χ1n) is 9.53. The van der Waals surface area contributed by atoms with Crippen LogP contribution < -0.4 is 15.4 Å². The summed E-state index contributed by atoms with van der Waals surface area (Å²) in [4.78, 5) is 28.2. The lowest BCUT2D eigenvalue weighted by molar-refractivity contribution is -0.136. The smallest absolute Gasteiger partial charge is 0.313 e. The van der Waals surface area contributed by atoms with Crippen molar-refractivity contribution in [3.63, 3.8) is 0 Å². The van der Waals surface area contributed by atoms with Gasteiger partial charge in [-0.2, -0.15) is 0 Å². The molecule has 0 saturated carbocycles. The van der Waals surface area contributed by atoms with Crippen molar-refractivity contribution < 1.29 is 14.3 Å². The van der Waals surface area contributed by atoms with Crippen LogP contribution >= 0.6 is 11.3 Å². The predicted molar refractivity (Wildman–Crippen MR) is 112 cm³/mol. The van der Waals surface area contributed by atoms with Crippen molar-refractivity contribution in [1.82, 2.24) is 10.2 Å². The predicted octanol–water partition coefficient (Wildman–Crippen LogP) is 3.03. The maximum Gasteiger partial charge on any atom is 0.313 e. The number of nitrogens with one attached hydrogen (secondary N) is 2. The number of thiophene rings is 1. The number of aryl methyl sites for hydroxylation is 1. The Kier molecular flexibility index (Phi) is 7.06. The zero-order chi connectivity index (χ0) is 19.9. The zero-order valence-electron chi connectivity index (χ0n) is 16.4. The number of benzene rings is 1. The SMILES string of the molecule is COc1ccc(C)cc1NC(=O)C(=O)NCC1CCN(Cc2cccs2)CC1. The summed E-state index contributed by atoms with van der Waals surface area (Å²) >= 11 is 1.79. The number of hydrogen-bond acceptors (Lipinski definition) is 5. The number of likely N-dealkylation sites (tertiary alicyclic amines) is 1. The van der Waals surface area contributed by atoms with Gasteiger partial charge in [0.15, 0.2) is 0 Å². The number of anilines is 1. The topological polar surface area (TPSA) is 70.7 Å². The van der Waals surface area contributed by atoms with Crippen molar-refractivity contribution in [3.8, 4) is 5.75 Å². The summed E-state index contributed by atoms with van der Waals surface area (Å²) in [5.74, 6) is -0.335. The Labute approximate surface area is 169 Å². The number of nitrogens with zero attached hydrogens (tertiary/aromatic N) is 1. The minimum Gasteiger partial charge on any atom is -0.495 e. The highest BCUT2D eigenvalue weighted by atomic mass is 32.1. The third-order valence-electron chi connectivity index (χ3n) is 5.03. The average molecular weight is 402 g/mol. The van der Waals surface area contributed by atoms with Gasteiger partial charge in [0.1, 0.15) is 5.75 Å². The minimum absolute atomic E-state index is 0.407. The maximum atomic E-state index is 12.2. The van der Waals surface area contributed by atoms with E-state index in [0.29, 0.717) is 23.9 Å². The van der Waals surface area contributed by atoms with E-state index in [9.17, 15) is 9.59 Å². The molecule has 3 rings (SSSR count). The molecule has 1 aromatic carbocycles. The molecular weight excluding hydrogens is 374 g/mol. The molecule has 28 heavy (non-hydrogen) atoms. The van der Waals surface area contributed by atoms with Gasteiger partial charge in [0.2, 0.25) is 0 Å². The lowest BCUT2D eigenvalue weighted by Crippen LogP contribution is -2.41. The first-order chi connectivity index (χ1) is 13.5. The van der Waals surface area contributed by atoms with Crippen LogP contribution in [-0.2, 0) is 16.1 Å². The Morgan fingerprint density at radius 2 is 2.00 bits per heavy atom. The van der Waals surface area contributed by atoms with Crippen LogP contribution in [0.1, 0.15) is 23.3 Å². The van der Waals surface area contributed by atoms with E-state index in [2.05, 4.69) is 33.0 Å². The van der Waals surface area contributed by atoms with Crippen LogP contribution in [0.5, 0.6) is 5.75 Å². The molecule has 1 saturated heterocycles. The fraction of sp³-hybridized carbons (Fsp3) is 0.429. The molecule has 2 heterocycles. The Balaban J connectivity index is 1.42. The monoisotopic (exact) mass is 401 g/mol. The maximum absolute atomic E-state index is 12.2. The third-order valence-corrected chi connectivity index (χ3v) is 5.89. The van der Waals surface area contributed by atoms with Gasteiger partial charge in [0, 0.05) is 18.0 Å². The molecule has 0 unspecified atom stereocenters. The first-order valence-corrected chi connectivity index (χ1v) is 10.4. The molecule has 2 aromatic rings. The van der Waals surface area contributed by atoms with Crippen molar-refractivity contribution in [2.24, 2.45) is 5.92 Å². The molecule has 1 aliphatic rings. The number of hydrogen-bond donors (Lipinski definition) is 2. The van der Waals surface area contributed by atoms with Gasteiger partial charge in [0.25, 0.3) is 0 Å². The van der Waals surface area contributed by atoms with Gasteiger partial charge in [-0.1, -0.05) is 12.1 Å². The molecule has 0 aliphatic carbocycles. The van der Waals surface area contributed by atoms with E-state index < -0.39 is 11.8 Å². The second kappa shape index (κ2) is 9.71. The van der Waals surface area contributed by atoms with Gasteiger partial charge < -0.3 is 15.4 Å². The molecule has 0 radical (unpaired) electrons. The summed E-state index contributed by atoms with van der Waals surface area (Å²) in [7, 11) is 1.53. The quantitative estimate of drug-likeness (QED) is 0.730. The molecule has 6 nitrogen and oxygen atoms in total. The Hall–Kier alpha value is -2.38. The average Bonchev–Trinajstić information content (AvgIpc) is 3.20. The fourth-order valence-corrected chi connectivity index (χ4v) is 4.13. The van der Waals surface area contributed by atoms with E-state index in [1.807, 2.05) is 13.0 Å². The van der Waals surface area contributed by atoms with E-state index in [4.69, 9.17) is 4.74 Å². The molecule has 0 atom stereocenters. The van der Waals surface area contributed by atoms with E-state index >= 15 is 0 Å². The van der Waals surface area contributed by atoms with Gasteiger partial charge in [-0.15, -0.1) is 11.3 Å². The lowest BCUT2D eigenvalue weighted by atomic mass is 9.97. The molecule has 0 bridgehead atoms. The van der Waals surface area contributed by atoms with E-state index in [1.165, 1.54) is 12.0 Å². The van der Waals surface area contributed by atoms with Crippen LogP contribution in [0, 0.1) is 12.8 Å². The number of carbonyl (C=O) groups excluding carboxylic acids is 2. The van der Waals surface area contributed by atoms with E-state index in [1.54, 1.807) is 23.5 Å². The Morgan fingerprint density at radius 3 is 2.68 bits per heavy atom. The molecule has 1 fully saturated rings. The summed E-state index contributed by atoms with van der Waals surface area (Å²) in [6.07, 6.45) is 2.05. The second-order valence-corrected chi connectivity index (χ2v) is 8.20. The standard InChI is InChI=1S/C21H27N3O3S/c1-15-5-6-19(27-2)18(12-15)23-21(26)20(25)22-13-16-7-9-24(10-8-16)14-17-4-3-11-28-17/h3-6,11-12,16H,7-10,13-14H2,1-2H3,(H,22,25)(H,23,26). The molecule has 2 N–H and O–H groups in total. The summed E-state index contributed by atoms with van der Waals surface area (Å²) < 4.78 is 5.23. The normalized spacial score (nSPS) is 15.2. The summed E-state index contributed by atoms with van der Waals surface area (Å²) in [5, 5.41) is 7.52. The van der Waals surface area contributed by atoms with Gasteiger partial charge in [-0.05, 0) is 67.9 Å². The Morgan fingerprint density at radius 1 is 1.21 bits per heavy atom. The van der Waals surface area contributed by atoms with Crippen LogP contribution in [0.2, 0.25) is 0 Å². The first kappa shape index (κ1) is 20.4. The van der Waals surface area contributed by atoms with Gasteiger partial charge in [-0.3, -0.25) is 14.5 Å². The van der Waals surface area contributed by atoms with Crippen LogP contribution in [0.25, 0.3) is 0 Å². The zero-order valence-corrected chi connectivity index (χ0v) is 17.2. The summed E-state index contributed by atoms with van der Waals surface area (Å²) in [6.45, 7) is 5.48. The van der Waals surface area contributed by atoms with Crippen molar-refractivity contribution in [1.29, 1.82) is 0 Å². The Bertz CT molecular complexity index is 799.